The van der Waals surface area contributed by atoms with Crippen LogP contribution in [0.4, 0.5) is 0 Å². The zero-order chi connectivity index (χ0) is 13.7. The number of halogens is 2. The zero-order valence-electron chi connectivity index (χ0n) is 10.8. The van der Waals surface area contributed by atoms with Crippen LogP contribution in [0.2, 0.25) is 10.0 Å². The maximum Gasteiger partial charge on any atom is 0.0935 e. The second-order valence-electron chi connectivity index (χ2n) is 4.49. The van der Waals surface area contributed by atoms with Gasteiger partial charge in [0.25, 0.3) is 0 Å². The SMILES string of the molecule is CCNC(Cc1ccoc1)Cc1c(Cl)cccc1Cl. The van der Waals surface area contributed by atoms with Crippen LogP contribution in [0.15, 0.2) is 41.2 Å². The average molecular weight is 298 g/mol. The average Bonchev–Trinajstić information content (AvgIpc) is 2.87. The lowest BCUT2D eigenvalue weighted by Gasteiger charge is -2.18. The van der Waals surface area contributed by atoms with E-state index in [1.165, 1.54) is 5.56 Å². The molecule has 1 unspecified atom stereocenters. The molecule has 0 saturated carbocycles. The van der Waals surface area contributed by atoms with Crippen LogP contribution in [0.3, 0.4) is 0 Å². The first-order valence-corrected chi connectivity index (χ1v) is 7.13. The molecule has 102 valence electrons. The third-order valence-corrected chi connectivity index (χ3v) is 3.78. The summed E-state index contributed by atoms with van der Waals surface area (Å²) in [7, 11) is 0. The molecule has 2 rings (SSSR count). The van der Waals surface area contributed by atoms with Gasteiger partial charge in [-0.2, -0.15) is 0 Å². The molecule has 0 bridgehead atoms. The number of nitrogens with one attached hydrogen (secondary N) is 1. The van der Waals surface area contributed by atoms with Crippen molar-refractivity contribution in [2.45, 2.75) is 25.8 Å². The number of hydrogen-bond acceptors (Lipinski definition) is 2. The van der Waals surface area contributed by atoms with E-state index < -0.39 is 0 Å². The summed E-state index contributed by atoms with van der Waals surface area (Å²) in [5.41, 5.74) is 2.18. The summed E-state index contributed by atoms with van der Waals surface area (Å²) in [6.45, 7) is 3.00. The van der Waals surface area contributed by atoms with Gasteiger partial charge in [0.05, 0.1) is 12.5 Å². The normalized spacial score (nSPS) is 12.6. The lowest BCUT2D eigenvalue weighted by Crippen LogP contribution is -2.33. The van der Waals surface area contributed by atoms with Gasteiger partial charge in [-0.15, -0.1) is 0 Å². The van der Waals surface area contributed by atoms with Gasteiger partial charge in [-0.05, 0) is 48.7 Å². The van der Waals surface area contributed by atoms with Crippen LogP contribution in [0.5, 0.6) is 0 Å². The predicted molar refractivity (Wildman–Crippen MR) is 80.0 cm³/mol. The summed E-state index contributed by atoms with van der Waals surface area (Å²) < 4.78 is 5.11. The van der Waals surface area contributed by atoms with E-state index in [1.54, 1.807) is 12.5 Å². The van der Waals surface area contributed by atoms with Gasteiger partial charge in [0.15, 0.2) is 0 Å². The molecule has 2 nitrogen and oxygen atoms in total. The molecule has 0 aliphatic carbocycles. The fourth-order valence-electron chi connectivity index (χ4n) is 2.17. The molecule has 0 radical (unpaired) electrons. The molecule has 0 spiro atoms. The Balaban J connectivity index is 2.12. The molecule has 19 heavy (non-hydrogen) atoms. The van der Waals surface area contributed by atoms with Crippen LogP contribution in [-0.4, -0.2) is 12.6 Å². The molecule has 1 atom stereocenters. The lowest BCUT2D eigenvalue weighted by molar-refractivity contribution is 0.514. The summed E-state index contributed by atoms with van der Waals surface area (Å²) in [5, 5.41) is 4.91. The molecule has 1 heterocycles. The van der Waals surface area contributed by atoms with E-state index in [-0.39, 0.29) is 0 Å². The highest BCUT2D eigenvalue weighted by Crippen LogP contribution is 2.26. The number of furan rings is 1. The van der Waals surface area contributed by atoms with Crippen LogP contribution in [0.25, 0.3) is 0 Å². The largest absolute Gasteiger partial charge is 0.472 e. The Hall–Kier alpha value is -0.960. The Labute approximate surface area is 123 Å². The molecule has 0 saturated heterocycles. The summed E-state index contributed by atoms with van der Waals surface area (Å²) in [6.07, 6.45) is 5.17. The fraction of sp³-hybridized carbons (Fsp3) is 0.333. The van der Waals surface area contributed by atoms with Gasteiger partial charge in [0.1, 0.15) is 0 Å². The van der Waals surface area contributed by atoms with Crippen molar-refractivity contribution in [3.05, 3.63) is 58.0 Å². The maximum atomic E-state index is 6.22. The summed E-state index contributed by atoms with van der Waals surface area (Å²) in [6, 6.07) is 7.90. The fourth-order valence-corrected chi connectivity index (χ4v) is 2.72. The minimum Gasteiger partial charge on any atom is -0.472 e. The van der Waals surface area contributed by atoms with Crippen molar-refractivity contribution in [2.24, 2.45) is 0 Å². The molecule has 0 fully saturated rings. The van der Waals surface area contributed by atoms with E-state index in [0.717, 1.165) is 35.0 Å². The van der Waals surface area contributed by atoms with E-state index in [2.05, 4.69) is 12.2 Å². The Morgan fingerprint density at radius 2 is 1.89 bits per heavy atom. The zero-order valence-corrected chi connectivity index (χ0v) is 12.3. The molecule has 0 aliphatic rings. The van der Waals surface area contributed by atoms with Gasteiger partial charge >= 0.3 is 0 Å². The van der Waals surface area contributed by atoms with Crippen LogP contribution in [0.1, 0.15) is 18.1 Å². The third-order valence-electron chi connectivity index (χ3n) is 3.07. The Morgan fingerprint density at radius 1 is 1.16 bits per heavy atom. The second kappa shape index (κ2) is 6.99. The smallest absolute Gasteiger partial charge is 0.0935 e. The quantitative estimate of drug-likeness (QED) is 0.857. The number of benzene rings is 1. The summed E-state index contributed by atoms with van der Waals surface area (Å²) in [5.74, 6) is 0. The number of hydrogen-bond donors (Lipinski definition) is 1. The van der Waals surface area contributed by atoms with Gasteiger partial charge in [-0.25, -0.2) is 0 Å². The van der Waals surface area contributed by atoms with E-state index in [0.29, 0.717) is 6.04 Å². The van der Waals surface area contributed by atoms with Crippen LogP contribution in [0, 0.1) is 0 Å². The van der Waals surface area contributed by atoms with Gasteiger partial charge in [0.2, 0.25) is 0 Å². The van der Waals surface area contributed by atoms with Crippen molar-refractivity contribution >= 4 is 23.2 Å². The van der Waals surface area contributed by atoms with Gasteiger partial charge in [-0.3, -0.25) is 0 Å². The number of rotatable bonds is 6. The highest BCUT2D eigenvalue weighted by atomic mass is 35.5. The van der Waals surface area contributed by atoms with Gasteiger partial charge in [0, 0.05) is 16.1 Å². The first kappa shape index (κ1) is 14.4. The Bertz CT molecular complexity index is 491. The third kappa shape index (κ3) is 4.00. The Kier molecular flexibility index (Phi) is 5.32. The van der Waals surface area contributed by atoms with Crippen LogP contribution in [-0.2, 0) is 12.8 Å². The molecular formula is C15H17Cl2NO. The molecule has 2 aromatic rings. The first-order valence-electron chi connectivity index (χ1n) is 6.38. The summed E-state index contributed by atoms with van der Waals surface area (Å²) in [4.78, 5) is 0. The maximum absolute atomic E-state index is 6.22. The van der Waals surface area contributed by atoms with Gasteiger partial charge < -0.3 is 9.73 Å². The minimum absolute atomic E-state index is 0.292. The summed E-state index contributed by atoms with van der Waals surface area (Å²) >= 11 is 12.4. The number of likely N-dealkylation sites (N-methyl/N-ethyl adjacent to an activating group) is 1. The highest BCUT2D eigenvalue weighted by molar-refractivity contribution is 6.36. The van der Waals surface area contributed by atoms with E-state index in [9.17, 15) is 0 Å². The molecule has 1 aromatic carbocycles. The molecule has 0 amide bonds. The van der Waals surface area contributed by atoms with Crippen LogP contribution >= 0.6 is 23.2 Å². The minimum atomic E-state index is 0.292. The lowest BCUT2D eigenvalue weighted by atomic mass is 10.0. The van der Waals surface area contributed by atoms with Crippen molar-refractivity contribution < 1.29 is 4.42 Å². The van der Waals surface area contributed by atoms with Crippen molar-refractivity contribution in [2.75, 3.05) is 6.54 Å². The van der Waals surface area contributed by atoms with Gasteiger partial charge in [-0.1, -0.05) is 36.2 Å². The molecule has 1 aromatic heterocycles. The standard InChI is InChI=1S/C15H17Cl2NO/c1-2-18-12(8-11-6-7-19-10-11)9-13-14(16)4-3-5-15(13)17/h3-7,10,12,18H,2,8-9H2,1H3. The molecule has 1 N–H and O–H groups in total. The first-order chi connectivity index (χ1) is 9.20. The molecule has 0 aliphatic heterocycles. The van der Waals surface area contributed by atoms with E-state index in [4.69, 9.17) is 27.6 Å². The monoisotopic (exact) mass is 297 g/mol. The second-order valence-corrected chi connectivity index (χ2v) is 5.31. The molecular weight excluding hydrogens is 281 g/mol. The van der Waals surface area contributed by atoms with E-state index in [1.807, 2.05) is 24.3 Å². The topological polar surface area (TPSA) is 25.2 Å². The van der Waals surface area contributed by atoms with E-state index >= 15 is 0 Å². The molecule has 4 heteroatoms. The van der Waals surface area contributed by atoms with Crippen molar-refractivity contribution in [1.82, 2.24) is 5.32 Å². The predicted octanol–water partition coefficient (Wildman–Crippen LogP) is 4.35. The Morgan fingerprint density at radius 3 is 2.47 bits per heavy atom. The van der Waals surface area contributed by atoms with Crippen molar-refractivity contribution in [1.29, 1.82) is 0 Å². The highest BCUT2D eigenvalue weighted by Gasteiger charge is 2.14. The van der Waals surface area contributed by atoms with Crippen molar-refractivity contribution in [3.63, 3.8) is 0 Å². The van der Waals surface area contributed by atoms with Crippen LogP contribution < -0.4 is 5.32 Å². The van der Waals surface area contributed by atoms with Crippen molar-refractivity contribution in [3.8, 4) is 0 Å².